The van der Waals surface area contributed by atoms with E-state index in [1.165, 1.54) is 0 Å². The summed E-state index contributed by atoms with van der Waals surface area (Å²) in [5.74, 6) is 2.45. The molecule has 0 amide bonds. The van der Waals surface area contributed by atoms with Crippen molar-refractivity contribution < 1.29 is 9.15 Å². The van der Waals surface area contributed by atoms with Crippen LogP contribution >= 0.6 is 0 Å². The van der Waals surface area contributed by atoms with Gasteiger partial charge < -0.3 is 19.4 Å². The molecule has 0 radical (unpaired) electrons. The molecule has 0 bridgehead atoms. The van der Waals surface area contributed by atoms with Crippen molar-refractivity contribution in [2.45, 2.75) is 26.4 Å². The van der Waals surface area contributed by atoms with Gasteiger partial charge in [-0.1, -0.05) is 13.8 Å². The summed E-state index contributed by atoms with van der Waals surface area (Å²) < 4.78 is 13.2. The summed E-state index contributed by atoms with van der Waals surface area (Å²) in [5.41, 5.74) is 1.11. The summed E-state index contributed by atoms with van der Waals surface area (Å²) in [4.78, 5) is 7.11. The highest BCUT2D eigenvalue weighted by atomic mass is 16.5. The van der Waals surface area contributed by atoms with E-state index in [1.54, 1.807) is 6.26 Å². The van der Waals surface area contributed by atoms with Crippen molar-refractivity contribution in [3.05, 3.63) is 42.1 Å². The van der Waals surface area contributed by atoms with E-state index in [9.17, 15) is 0 Å². The molecule has 0 aromatic carbocycles. The molecule has 2 aromatic rings. The molecule has 3 rings (SSSR count). The molecule has 1 aliphatic heterocycles. The summed E-state index contributed by atoms with van der Waals surface area (Å²) in [6.07, 6.45) is 6.47. The van der Waals surface area contributed by atoms with Crippen LogP contribution in [-0.4, -0.2) is 53.4 Å². The maximum atomic E-state index is 5.95. The monoisotopic (exact) mass is 359 g/mol. The van der Waals surface area contributed by atoms with Crippen molar-refractivity contribution >= 4 is 5.96 Å². The number of morpholine rings is 1. The summed E-state index contributed by atoms with van der Waals surface area (Å²) in [7, 11) is 1.93. The molecule has 26 heavy (non-hydrogen) atoms. The van der Waals surface area contributed by atoms with Gasteiger partial charge >= 0.3 is 0 Å². The molecule has 1 saturated heterocycles. The standard InChI is InChI=1S/C19H29N5O2/c1-15(2)11-21-19(20-7-6-17-5-4-9-25-17)24-8-10-26-18(14-24)16-12-22-23(3)13-16/h4-5,9,12-13,15,18H,6-8,10-11,14H2,1-3H3,(H,20,21). The van der Waals surface area contributed by atoms with Crippen molar-refractivity contribution in [3.63, 3.8) is 0 Å². The van der Waals surface area contributed by atoms with Crippen molar-refractivity contribution in [2.75, 3.05) is 32.8 Å². The topological polar surface area (TPSA) is 67.8 Å². The molecule has 0 aliphatic carbocycles. The smallest absolute Gasteiger partial charge is 0.194 e. The highest BCUT2D eigenvalue weighted by molar-refractivity contribution is 5.80. The van der Waals surface area contributed by atoms with E-state index in [0.29, 0.717) is 12.5 Å². The summed E-state index contributed by atoms with van der Waals surface area (Å²) >= 11 is 0. The molecular weight excluding hydrogens is 330 g/mol. The van der Waals surface area contributed by atoms with Crippen LogP contribution in [0.3, 0.4) is 0 Å². The Balaban J connectivity index is 1.63. The van der Waals surface area contributed by atoms with Gasteiger partial charge in [0.2, 0.25) is 0 Å². The lowest BCUT2D eigenvalue weighted by Gasteiger charge is -2.35. The Morgan fingerprint density at radius 3 is 3.04 bits per heavy atom. The van der Waals surface area contributed by atoms with Crippen LogP contribution in [0.4, 0.5) is 0 Å². The average molecular weight is 359 g/mol. The van der Waals surface area contributed by atoms with E-state index in [0.717, 1.165) is 49.9 Å². The number of nitrogens with one attached hydrogen (secondary N) is 1. The quantitative estimate of drug-likeness (QED) is 0.633. The zero-order chi connectivity index (χ0) is 18.4. The van der Waals surface area contributed by atoms with E-state index in [2.05, 4.69) is 29.2 Å². The van der Waals surface area contributed by atoms with Crippen LogP contribution in [0.25, 0.3) is 0 Å². The second-order valence-electron chi connectivity index (χ2n) is 7.07. The van der Waals surface area contributed by atoms with Gasteiger partial charge in [0.15, 0.2) is 5.96 Å². The third-order valence-electron chi connectivity index (χ3n) is 4.30. The lowest BCUT2D eigenvalue weighted by atomic mass is 10.1. The Kier molecular flexibility index (Phi) is 6.33. The first-order chi connectivity index (χ1) is 12.6. The van der Waals surface area contributed by atoms with E-state index >= 15 is 0 Å². The maximum Gasteiger partial charge on any atom is 0.194 e. The number of aliphatic imine (C=N–C) groups is 1. The molecule has 7 nitrogen and oxygen atoms in total. The summed E-state index contributed by atoms with van der Waals surface area (Å²) in [6, 6.07) is 3.92. The number of ether oxygens (including phenoxy) is 1. The summed E-state index contributed by atoms with van der Waals surface area (Å²) in [5, 5.41) is 7.76. The predicted octanol–water partition coefficient (Wildman–Crippen LogP) is 2.23. The number of aromatic nitrogens is 2. The average Bonchev–Trinajstić information content (AvgIpc) is 3.29. The van der Waals surface area contributed by atoms with E-state index < -0.39 is 0 Å². The van der Waals surface area contributed by atoms with Gasteiger partial charge in [0, 0.05) is 44.9 Å². The van der Waals surface area contributed by atoms with E-state index in [-0.39, 0.29) is 6.10 Å². The molecule has 142 valence electrons. The zero-order valence-electron chi connectivity index (χ0n) is 15.9. The fraction of sp³-hybridized carbons (Fsp3) is 0.579. The summed E-state index contributed by atoms with van der Waals surface area (Å²) in [6.45, 7) is 8.25. The van der Waals surface area contributed by atoms with Gasteiger partial charge in [-0.3, -0.25) is 9.67 Å². The maximum absolute atomic E-state index is 5.95. The van der Waals surface area contributed by atoms with Crippen molar-refractivity contribution in [1.29, 1.82) is 0 Å². The molecule has 2 aromatic heterocycles. The number of hydrogen-bond acceptors (Lipinski definition) is 4. The number of furan rings is 1. The lowest BCUT2D eigenvalue weighted by Crippen LogP contribution is -2.48. The van der Waals surface area contributed by atoms with E-state index in [1.807, 2.05) is 36.3 Å². The van der Waals surface area contributed by atoms with Crippen molar-refractivity contribution in [2.24, 2.45) is 18.0 Å². The van der Waals surface area contributed by atoms with Gasteiger partial charge in [0.1, 0.15) is 11.9 Å². The number of aryl methyl sites for hydroxylation is 1. The van der Waals surface area contributed by atoms with Gasteiger partial charge in [0.05, 0.1) is 25.6 Å². The molecule has 1 unspecified atom stereocenters. The Morgan fingerprint density at radius 2 is 2.35 bits per heavy atom. The van der Waals surface area contributed by atoms with Crippen LogP contribution in [0, 0.1) is 5.92 Å². The largest absolute Gasteiger partial charge is 0.469 e. The Morgan fingerprint density at radius 1 is 1.46 bits per heavy atom. The number of guanidine groups is 1. The lowest BCUT2D eigenvalue weighted by molar-refractivity contribution is -0.00808. The molecule has 1 fully saturated rings. The minimum atomic E-state index is 0.0218. The molecular formula is C19H29N5O2. The highest BCUT2D eigenvalue weighted by Crippen LogP contribution is 2.21. The van der Waals surface area contributed by atoms with Crippen LogP contribution in [0.2, 0.25) is 0 Å². The molecule has 0 spiro atoms. The SMILES string of the molecule is CC(C)CN=C(NCCc1ccco1)N1CCOC(c2cnn(C)c2)C1. The number of hydrogen-bond donors (Lipinski definition) is 1. The Bertz CT molecular complexity index is 693. The minimum Gasteiger partial charge on any atom is -0.469 e. The normalized spacial score (nSPS) is 18.5. The van der Waals surface area contributed by atoms with Gasteiger partial charge in [0.25, 0.3) is 0 Å². The van der Waals surface area contributed by atoms with Crippen LogP contribution in [0.15, 0.2) is 40.2 Å². The third-order valence-corrected chi connectivity index (χ3v) is 4.30. The second-order valence-corrected chi connectivity index (χ2v) is 7.07. The van der Waals surface area contributed by atoms with Crippen LogP contribution < -0.4 is 5.32 Å². The Hall–Kier alpha value is -2.28. The van der Waals surface area contributed by atoms with Gasteiger partial charge in [-0.25, -0.2) is 0 Å². The van der Waals surface area contributed by atoms with E-state index in [4.69, 9.17) is 14.1 Å². The van der Waals surface area contributed by atoms with Crippen LogP contribution in [0.5, 0.6) is 0 Å². The molecule has 3 heterocycles. The fourth-order valence-electron chi connectivity index (χ4n) is 2.94. The van der Waals surface area contributed by atoms with Gasteiger partial charge in [-0.15, -0.1) is 0 Å². The van der Waals surface area contributed by atoms with Gasteiger partial charge in [-0.05, 0) is 18.1 Å². The first-order valence-electron chi connectivity index (χ1n) is 9.27. The Labute approximate surface area is 155 Å². The van der Waals surface area contributed by atoms with Gasteiger partial charge in [-0.2, -0.15) is 5.10 Å². The predicted molar refractivity (Wildman–Crippen MR) is 101 cm³/mol. The van der Waals surface area contributed by atoms with Crippen molar-refractivity contribution in [1.82, 2.24) is 20.0 Å². The first-order valence-corrected chi connectivity index (χ1v) is 9.27. The third kappa shape index (κ3) is 5.11. The highest BCUT2D eigenvalue weighted by Gasteiger charge is 2.25. The first kappa shape index (κ1) is 18.5. The minimum absolute atomic E-state index is 0.0218. The van der Waals surface area contributed by atoms with Crippen LogP contribution in [-0.2, 0) is 18.2 Å². The number of rotatable bonds is 6. The fourth-order valence-corrected chi connectivity index (χ4v) is 2.94. The van der Waals surface area contributed by atoms with Crippen molar-refractivity contribution in [3.8, 4) is 0 Å². The zero-order valence-corrected chi connectivity index (χ0v) is 15.9. The molecule has 7 heteroatoms. The molecule has 1 atom stereocenters. The molecule has 1 N–H and O–H groups in total. The molecule has 0 saturated carbocycles. The number of nitrogens with zero attached hydrogens (tertiary/aromatic N) is 4. The molecule has 1 aliphatic rings. The van der Waals surface area contributed by atoms with Crippen LogP contribution in [0.1, 0.15) is 31.3 Å². The second kappa shape index (κ2) is 8.89.